The minimum atomic E-state index is -3.16. The minimum Gasteiger partial charge on any atom is -0.374 e. The highest BCUT2D eigenvalue weighted by atomic mass is 32.2. The van der Waals surface area contributed by atoms with E-state index in [0.29, 0.717) is 26.2 Å². The van der Waals surface area contributed by atoms with E-state index in [9.17, 15) is 8.42 Å². The molecule has 0 saturated carbocycles. The molecule has 1 N–H and O–H groups in total. The Balaban J connectivity index is 1.95. The second-order valence-electron chi connectivity index (χ2n) is 5.56. The Morgan fingerprint density at radius 3 is 2.91 bits per heavy atom. The fraction of sp³-hybridized carbons (Fsp3) is 0.714. The zero-order chi connectivity index (χ0) is 16.2. The monoisotopic (exact) mass is 328 g/mol. The number of aryl methyl sites for hydroxylation is 2. The van der Waals surface area contributed by atoms with Crippen LogP contribution in [0.2, 0.25) is 0 Å². The van der Waals surface area contributed by atoms with Gasteiger partial charge >= 0.3 is 0 Å². The van der Waals surface area contributed by atoms with Crippen molar-refractivity contribution < 1.29 is 13.2 Å². The molecule has 1 aliphatic rings. The average molecular weight is 328 g/mol. The van der Waals surface area contributed by atoms with E-state index in [1.54, 1.807) is 0 Å². The van der Waals surface area contributed by atoms with E-state index in [4.69, 9.17) is 4.74 Å². The van der Waals surface area contributed by atoms with E-state index >= 15 is 0 Å². The first-order chi connectivity index (χ1) is 10.4. The summed E-state index contributed by atoms with van der Waals surface area (Å²) >= 11 is 0. The van der Waals surface area contributed by atoms with Gasteiger partial charge in [-0.1, -0.05) is 6.92 Å². The van der Waals surface area contributed by atoms with Crippen molar-refractivity contribution in [2.45, 2.75) is 32.8 Å². The predicted octanol–water partition coefficient (Wildman–Crippen LogP) is 0.810. The first-order valence-electron chi connectivity index (χ1n) is 7.53. The lowest BCUT2D eigenvalue weighted by atomic mass is 10.3. The van der Waals surface area contributed by atoms with Gasteiger partial charge in [-0.15, -0.1) is 0 Å². The number of morpholine rings is 1. The van der Waals surface area contributed by atoms with Crippen LogP contribution in [-0.2, 0) is 21.2 Å². The molecule has 1 aromatic heterocycles. The number of sulfonamides is 1. The molecule has 2 rings (SSSR count). The zero-order valence-electron chi connectivity index (χ0n) is 13.4. The van der Waals surface area contributed by atoms with Crippen LogP contribution in [0.5, 0.6) is 0 Å². The molecule has 1 atom stereocenters. The molecule has 7 nitrogen and oxygen atoms in total. The first kappa shape index (κ1) is 17.1. The molecule has 0 amide bonds. The van der Waals surface area contributed by atoms with Crippen molar-refractivity contribution in [2.75, 3.05) is 37.8 Å². The molecule has 0 unspecified atom stereocenters. The van der Waals surface area contributed by atoms with Crippen LogP contribution in [0.4, 0.5) is 5.82 Å². The summed E-state index contributed by atoms with van der Waals surface area (Å²) in [6, 6.07) is 1.89. The Labute approximate surface area is 132 Å². The Morgan fingerprint density at radius 2 is 2.23 bits per heavy atom. The van der Waals surface area contributed by atoms with E-state index in [2.05, 4.69) is 22.2 Å². The number of nitrogens with one attached hydrogen (secondary N) is 1. The number of rotatable bonds is 6. The standard InChI is InChI=1S/C14H24N4O3S/c1-4-5-13-16-11(2)8-14(17-13)15-9-12-10-18(6-7-21-12)22(3,19)20/h8,12H,4-7,9-10H2,1-3H3,(H,15,16,17)/t12-/m1/s1. The van der Waals surface area contributed by atoms with E-state index in [1.807, 2.05) is 13.0 Å². The molecule has 124 valence electrons. The van der Waals surface area contributed by atoms with Gasteiger partial charge in [0, 0.05) is 37.8 Å². The molecule has 1 saturated heterocycles. The molecule has 22 heavy (non-hydrogen) atoms. The maximum Gasteiger partial charge on any atom is 0.211 e. The summed E-state index contributed by atoms with van der Waals surface area (Å²) in [5.74, 6) is 1.59. The van der Waals surface area contributed by atoms with Gasteiger partial charge in [-0.2, -0.15) is 4.31 Å². The van der Waals surface area contributed by atoms with Crippen LogP contribution in [0.1, 0.15) is 24.9 Å². The van der Waals surface area contributed by atoms with Gasteiger partial charge < -0.3 is 10.1 Å². The number of hydrogen-bond acceptors (Lipinski definition) is 6. The number of ether oxygens (including phenoxy) is 1. The third-order valence-corrected chi connectivity index (χ3v) is 4.73. The Bertz CT molecular complexity index is 606. The molecule has 1 fully saturated rings. The Morgan fingerprint density at radius 1 is 1.45 bits per heavy atom. The molecule has 0 spiro atoms. The van der Waals surface area contributed by atoms with E-state index in [0.717, 1.165) is 30.2 Å². The number of anilines is 1. The number of aromatic nitrogens is 2. The fourth-order valence-electron chi connectivity index (χ4n) is 2.39. The van der Waals surface area contributed by atoms with Crippen molar-refractivity contribution in [3.8, 4) is 0 Å². The maximum absolute atomic E-state index is 11.6. The van der Waals surface area contributed by atoms with Crippen LogP contribution in [0.25, 0.3) is 0 Å². The van der Waals surface area contributed by atoms with Crippen LogP contribution >= 0.6 is 0 Å². The molecule has 1 aliphatic heterocycles. The fourth-order valence-corrected chi connectivity index (χ4v) is 3.23. The van der Waals surface area contributed by atoms with Crippen LogP contribution in [0.3, 0.4) is 0 Å². The third-order valence-electron chi connectivity index (χ3n) is 3.46. The third kappa shape index (κ3) is 4.89. The second kappa shape index (κ2) is 7.34. The second-order valence-corrected chi connectivity index (χ2v) is 7.54. The van der Waals surface area contributed by atoms with Crippen LogP contribution < -0.4 is 5.32 Å². The highest BCUT2D eigenvalue weighted by molar-refractivity contribution is 7.88. The minimum absolute atomic E-state index is 0.173. The predicted molar refractivity (Wildman–Crippen MR) is 85.4 cm³/mol. The molecule has 0 aromatic carbocycles. The smallest absolute Gasteiger partial charge is 0.211 e. The van der Waals surface area contributed by atoms with Crippen molar-refractivity contribution in [1.82, 2.24) is 14.3 Å². The summed E-state index contributed by atoms with van der Waals surface area (Å²) < 4.78 is 30.3. The van der Waals surface area contributed by atoms with Gasteiger partial charge in [0.15, 0.2) is 0 Å². The highest BCUT2D eigenvalue weighted by Gasteiger charge is 2.26. The van der Waals surface area contributed by atoms with Crippen LogP contribution in [0.15, 0.2) is 6.07 Å². The average Bonchev–Trinajstić information content (AvgIpc) is 2.44. The van der Waals surface area contributed by atoms with Gasteiger partial charge in [0.1, 0.15) is 11.6 Å². The number of hydrogen-bond donors (Lipinski definition) is 1. The summed E-state index contributed by atoms with van der Waals surface area (Å²) in [5, 5.41) is 3.23. The van der Waals surface area contributed by atoms with Gasteiger partial charge in [-0.25, -0.2) is 18.4 Å². The van der Waals surface area contributed by atoms with E-state index in [-0.39, 0.29) is 6.10 Å². The highest BCUT2D eigenvalue weighted by Crippen LogP contribution is 2.12. The Hall–Kier alpha value is -1.25. The molecule has 0 bridgehead atoms. The van der Waals surface area contributed by atoms with Crippen molar-refractivity contribution in [1.29, 1.82) is 0 Å². The van der Waals surface area contributed by atoms with E-state index < -0.39 is 10.0 Å². The molecule has 0 aliphatic carbocycles. The number of nitrogens with zero attached hydrogens (tertiary/aromatic N) is 3. The summed E-state index contributed by atoms with van der Waals surface area (Å²) in [6.45, 7) is 5.76. The van der Waals surface area contributed by atoms with Crippen molar-refractivity contribution in [3.63, 3.8) is 0 Å². The van der Waals surface area contributed by atoms with Crippen LogP contribution in [0, 0.1) is 6.92 Å². The molecule has 2 heterocycles. The lowest BCUT2D eigenvalue weighted by Gasteiger charge is -2.31. The summed E-state index contributed by atoms with van der Waals surface area (Å²) in [6.07, 6.45) is 2.90. The lowest BCUT2D eigenvalue weighted by Crippen LogP contribution is -2.47. The SMILES string of the molecule is CCCc1nc(C)cc(NC[C@@H]2CN(S(C)(=O)=O)CCO2)n1. The van der Waals surface area contributed by atoms with Gasteiger partial charge in [0.05, 0.1) is 19.0 Å². The molecule has 8 heteroatoms. The lowest BCUT2D eigenvalue weighted by molar-refractivity contribution is 0.00700. The summed E-state index contributed by atoms with van der Waals surface area (Å²) in [5.41, 5.74) is 0.920. The summed E-state index contributed by atoms with van der Waals surface area (Å²) in [7, 11) is -3.16. The molecular formula is C14H24N4O3S. The largest absolute Gasteiger partial charge is 0.374 e. The normalized spacial score (nSPS) is 20.0. The van der Waals surface area contributed by atoms with Gasteiger partial charge in [-0.3, -0.25) is 0 Å². The molecule has 1 aromatic rings. The zero-order valence-corrected chi connectivity index (χ0v) is 14.2. The Kier molecular flexibility index (Phi) is 5.71. The maximum atomic E-state index is 11.6. The van der Waals surface area contributed by atoms with Gasteiger partial charge in [-0.05, 0) is 13.3 Å². The first-order valence-corrected chi connectivity index (χ1v) is 9.38. The van der Waals surface area contributed by atoms with Crippen molar-refractivity contribution >= 4 is 15.8 Å². The quantitative estimate of drug-likeness (QED) is 0.832. The van der Waals surface area contributed by atoms with Gasteiger partial charge in [0.2, 0.25) is 10.0 Å². The summed E-state index contributed by atoms with van der Waals surface area (Å²) in [4.78, 5) is 8.86. The van der Waals surface area contributed by atoms with Crippen molar-refractivity contribution in [2.24, 2.45) is 0 Å². The van der Waals surface area contributed by atoms with E-state index in [1.165, 1.54) is 10.6 Å². The van der Waals surface area contributed by atoms with Crippen molar-refractivity contribution in [3.05, 3.63) is 17.6 Å². The molecule has 0 radical (unpaired) electrons. The molecular weight excluding hydrogens is 304 g/mol. The topological polar surface area (TPSA) is 84.4 Å². The van der Waals surface area contributed by atoms with Gasteiger partial charge in [0.25, 0.3) is 0 Å². The van der Waals surface area contributed by atoms with Crippen LogP contribution in [-0.4, -0.2) is 61.3 Å².